The molecule has 0 fully saturated rings. The minimum atomic E-state index is -4.64. The second-order valence-electron chi connectivity index (χ2n) is 6.06. The normalized spacial score (nSPS) is 11.0. The molecule has 2 rings (SSSR count). The summed E-state index contributed by atoms with van der Waals surface area (Å²) in [5.74, 6) is -2.07. The topological polar surface area (TPSA) is 103 Å². The van der Waals surface area contributed by atoms with Gasteiger partial charge in [-0.1, -0.05) is 0 Å². The van der Waals surface area contributed by atoms with E-state index in [1.54, 1.807) is 0 Å². The standard InChI is InChI=1S/C20H20F3NO7/c1-28-7-8-30-17-6-3-12(20(21,22)23)9-15(17)24-18(26)11-31-19(27)14-10-13(29-2)4-5-16(14)25/h3-6,9-10,25H,7-8,11H2,1-2H3,(H,24,26). The molecule has 0 aromatic heterocycles. The van der Waals surface area contributed by atoms with Gasteiger partial charge in [0.25, 0.3) is 5.91 Å². The van der Waals surface area contributed by atoms with Gasteiger partial charge in [0.1, 0.15) is 29.4 Å². The number of phenolic OH excluding ortho intramolecular Hbond substituents is 1. The fourth-order valence-electron chi connectivity index (χ4n) is 2.37. The maximum atomic E-state index is 13.0. The summed E-state index contributed by atoms with van der Waals surface area (Å²) in [5.41, 5.74) is -1.49. The fourth-order valence-corrected chi connectivity index (χ4v) is 2.37. The van der Waals surface area contributed by atoms with Gasteiger partial charge in [-0.3, -0.25) is 4.79 Å². The van der Waals surface area contributed by atoms with Crippen LogP contribution in [0, 0.1) is 0 Å². The zero-order chi connectivity index (χ0) is 23.0. The average molecular weight is 443 g/mol. The van der Waals surface area contributed by atoms with Crippen LogP contribution in [0.3, 0.4) is 0 Å². The van der Waals surface area contributed by atoms with Gasteiger partial charge >= 0.3 is 12.1 Å². The van der Waals surface area contributed by atoms with Gasteiger partial charge in [0.05, 0.1) is 25.0 Å². The number of rotatable bonds is 9. The number of aromatic hydroxyl groups is 1. The van der Waals surface area contributed by atoms with E-state index in [0.717, 1.165) is 12.1 Å². The smallest absolute Gasteiger partial charge is 0.416 e. The van der Waals surface area contributed by atoms with Crippen molar-refractivity contribution in [3.05, 3.63) is 47.5 Å². The molecular formula is C20H20F3NO7. The zero-order valence-electron chi connectivity index (χ0n) is 16.6. The molecule has 168 valence electrons. The van der Waals surface area contributed by atoms with Crippen molar-refractivity contribution in [1.29, 1.82) is 0 Å². The van der Waals surface area contributed by atoms with Crippen LogP contribution in [0.4, 0.5) is 18.9 Å². The molecule has 0 aliphatic carbocycles. The van der Waals surface area contributed by atoms with Crippen molar-refractivity contribution in [3.8, 4) is 17.2 Å². The molecule has 1 amide bonds. The highest BCUT2D eigenvalue weighted by Gasteiger charge is 2.31. The van der Waals surface area contributed by atoms with Crippen molar-refractivity contribution in [2.24, 2.45) is 0 Å². The number of benzene rings is 2. The summed E-state index contributed by atoms with van der Waals surface area (Å²) in [4.78, 5) is 24.3. The monoisotopic (exact) mass is 443 g/mol. The highest BCUT2D eigenvalue weighted by atomic mass is 19.4. The zero-order valence-corrected chi connectivity index (χ0v) is 16.6. The number of amides is 1. The molecule has 2 aromatic carbocycles. The maximum Gasteiger partial charge on any atom is 0.416 e. The molecule has 0 unspecified atom stereocenters. The first-order chi connectivity index (χ1) is 14.7. The van der Waals surface area contributed by atoms with E-state index in [4.69, 9.17) is 18.9 Å². The number of esters is 1. The lowest BCUT2D eigenvalue weighted by Crippen LogP contribution is -2.22. The minimum Gasteiger partial charge on any atom is -0.507 e. The summed E-state index contributed by atoms with van der Waals surface area (Å²) in [7, 11) is 2.78. The molecule has 0 saturated carbocycles. The van der Waals surface area contributed by atoms with Crippen molar-refractivity contribution in [2.75, 3.05) is 39.4 Å². The summed E-state index contributed by atoms with van der Waals surface area (Å²) in [5, 5.41) is 12.0. The molecule has 31 heavy (non-hydrogen) atoms. The van der Waals surface area contributed by atoms with Crippen molar-refractivity contribution in [1.82, 2.24) is 0 Å². The highest BCUT2D eigenvalue weighted by Crippen LogP contribution is 2.35. The number of halogens is 3. The Bertz CT molecular complexity index is 931. The van der Waals surface area contributed by atoms with E-state index < -0.39 is 36.0 Å². The van der Waals surface area contributed by atoms with Gasteiger partial charge in [-0.05, 0) is 36.4 Å². The molecule has 2 aromatic rings. The Balaban J connectivity index is 2.10. The van der Waals surface area contributed by atoms with E-state index >= 15 is 0 Å². The van der Waals surface area contributed by atoms with E-state index in [1.165, 1.54) is 32.4 Å². The highest BCUT2D eigenvalue weighted by molar-refractivity contribution is 5.97. The molecule has 11 heteroatoms. The quantitative estimate of drug-likeness (QED) is 0.453. The Hall–Kier alpha value is -3.47. The number of alkyl halides is 3. The van der Waals surface area contributed by atoms with Crippen LogP contribution in [0.15, 0.2) is 36.4 Å². The SMILES string of the molecule is COCCOc1ccc(C(F)(F)F)cc1NC(=O)COC(=O)c1cc(OC)ccc1O. The van der Waals surface area contributed by atoms with Crippen molar-refractivity contribution >= 4 is 17.6 Å². The van der Waals surface area contributed by atoms with Crippen LogP contribution in [0.25, 0.3) is 0 Å². The molecule has 0 atom stereocenters. The molecule has 0 saturated heterocycles. The third kappa shape index (κ3) is 6.78. The lowest BCUT2D eigenvalue weighted by atomic mass is 10.1. The minimum absolute atomic E-state index is 0.0184. The lowest BCUT2D eigenvalue weighted by molar-refractivity contribution is -0.137. The van der Waals surface area contributed by atoms with Crippen molar-refractivity contribution in [2.45, 2.75) is 6.18 Å². The second kappa shape index (κ2) is 10.5. The lowest BCUT2D eigenvalue weighted by Gasteiger charge is -2.15. The Labute approximate surface area is 175 Å². The third-order valence-electron chi connectivity index (χ3n) is 3.88. The number of nitrogens with one attached hydrogen (secondary N) is 1. The number of ether oxygens (including phenoxy) is 4. The van der Waals surface area contributed by atoms with Gasteiger partial charge in [0, 0.05) is 7.11 Å². The van der Waals surface area contributed by atoms with E-state index in [2.05, 4.69) is 5.32 Å². The van der Waals surface area contributed by atoms with Crippen LogP contribution in [0.2, 0.25) is 0 Å². The van der Waals surface area contributed by atoms with Gasteiger partial charge in [-0.15, -0.1) is 0 Å². The number of anilines is 1. The van der Waals surface area contributed by atoms with E-state index in [0.29, 0.717) is 6.07 Å². The van der Waals surface area contributed by atoms with E-state index in [-0.39, 0.29) is 36.0 Å². The predicted octanol–water partition coefficient (Wildman–Crippen LogP) is 3.24. The Kier molecular flexibility index (Phi) is 8.08. The fraction of sp³-hybridized carbons (Fsp3) is 0.300. The van der Waals surface area contributed by atoms with Crippen LogP contribution in [0.1, 0.15) is 15.9 Å². The first-order valence-corrected chi connectivity index (χ1v) is 8.82. The summed E-state index contributed by atoms with van der Waals surface area (Å²) < 4.78 is 58.9. The van der Waals surface area contributed by atoms with Crippen molar-refractivity contribution < 1.29 is 46.8 Å². The van der Waals surface area contributed by atoms with Gasteiger partial charge < -0.3 is 29.4 Å². The number of phenols is 1. The van der Waals surface area contributed by atoms with Gasteiger partial charge in [-0.25, -0.2) is 4.79 Å². The average Bonchev–Trinajstić information content (AvgIpc) is 2.72. The molecule has 0 aliphatic heterocycles. The molecule has 0 bridgehead atoms. The molecule has 8 nitrogen and oxygen atoms in total. The van der Waals surface area contributed by atoms with Crippen LogP contribution in [-0.4, -0.2) is 51.0 Å². The summed E-state index contributed by atoms with van der Waals surface area (Å²) >= 11 is 0. The van der Waals surface area contributed by atoms with Crippen LogP contribution in [0.5, 0.6) is 17.2 Å². The van der Waals surface area contributed by atoms with Crippen LogP contribution in [-0.2, 0) is 20.4 Å². The molecular weight excluding hydrogens is 423 g/mol. The Morgan fingerprint density at radius 1 is 1.06 bits per heavy atom. The molecule has 0 aliphatic rings. The van der Waals surface area contributed by atoms with Crippen LogP contribution >= 0.6 is 0 Å². The Morgan fingerprint density at radius 3 is 2.45 bits per heavy atom. The molecule has 2 N–H and O–H groups in total. The van der Waals surface area contributed by atoms with E-state index in [9.17, 15) is 27.9 Å². The number of carbonyl (C=O) groups excluding carboxylic acids is 2. The molecule has 0 spiro atoms. The van der Waals surface area contributed by atoms with Crippen molar-refractivity contribution in [3.63, 3.8) is 0 Å². The summed E-state index contributed by atoms with van der Waals surface area (Å²) in [6.07, 6.45) is -4.64. The third-order valence-corrected chi connectivity index (χ3v) is 3.88. The Morgan fingerprint density at radius 2 is 1.81 bits per heavy atom. The maximum absolute atomic E-state index is 13.0. The predicted molar refractivity (Wildman–Crippen MR) is 102 cm³/mol. The summed E-state index contributed by atoms with van der Waals surface area (Å²) in [6.45, 7) is -0.603. The molecule has 0 radical (unpaired) electrons. The number of hydrogen-bond acceptors (Lipinski definition) is 7. The van der Waals surface area contributed by atoms with Gasteiger partial charge in [0.15, 0.2) is 6.61 Å². The van der Waals surface area contributed by atoms with E-state index in [1.807, 2.05) is 0 Å². The first kappa shape index (κ1) is 23.8. The molecule has 0 heterocycles. The van der Waals surface area contributed by atoms with Crippen LogP contribution < -0.4 is 14.8 Å². The van der Waals surface area contributed by atoms with Gasteiger partial charge in [0.2, 0.25) is 0 Å². The largest absolute Gasteiger partial charge is 0.507 e. The number of hydrogen-bond donors (Lipinski definition) is 2. The first-order valence-electron chi connectivity index (χ1n) is 8.82. The second-order valence-corrected chi connectivity index (χ2v) is 6.06. The summed E-state index contributed by atoms with van der Waals surface area (Å²) in [6, 6.07) is 6.41. The number of carbonyl (C=O) groups is 2. The number of methoxy groups -OCH3 is 2. The van der Waals surface area contributed by atoms with Gasteiger partial charge in [-0.2, -0.15) is 13.2 Å².